The van der Waals surface area contributed by atoms with Crippen molar-refractivity contribution in [3.8, 4) is 17.2 Å². The van der Waals surface area contributed by atoms with Crippen molar-refractivity contribution in [2.75, 3.05) is 0 Å². The highest BCUT2D eigenvalue weighted by molar-refractivity contribution is 6.44. The average Bonchev–Trinajstić information content (AvgIpc) is 2.58. The summed E-state index contributed by atoms with van der Waals surface area (Å²) in [7, 11) is 0. The van der Waals surface area contributed by atoms with Gasteiger partial charge in [0.15, 0.2) is 17.2 Å². The first kappa shape index (κ1) is 22.8. The van der Waals surface area contributed by atoms with E-state index < -0.39 is 35.2 Å². The predicted octanol–water partition coefficient (Wildman–Crippen LogP) is 5.09. The van der Waals surface area contributed by atoms with Crippen molar-refractivity contribution in [2.45, 2.75) is 20.8 Å². The molecular weight excluding hydrogens is 419 g/mol. The molecule has 1 aromatic rings. The van der Waals surface area contributed by atoms with Gasteiger partial charge in [-0.3, -0.25) is 0 Å². The summed E-state index contributed by atoms with van der Waals surface area (Å²) in [6.07, 6.45) is 0. The fraction of sp³-hybridized carbons (Fsp3) is 0.167. The third kappa shape index (κ3) is 5.35. The quantitative estimate of drug-likeness (QED) is 0.353. The Morgan fingerprint density at radius 1 is 0.593 bits per heavy atom. The molecule has 0 unspecified atom stereocenters. The molecule has 1 rings (SSSR count). The molecule has 0 saturated heterocycles. The van der Waals surface area contributed by atoms with Gasteiger partial charge in [0.25, 0.3) is 0 Å². The lowest BCUT2D eigenvalue weighted by molar-refractivity contribution is -0.130. The zero-order valence-corrected chi connectivity index (χ0v) is 17.0. The molecular formula is C18H15Cl3O6. The molecule has 0 bridgehead atoms. The molecule has 0 aliphatic rings. The van der Waals surface area contributed by atoms with E-state index >= 15 is 0 Å². The topological polar surface area (TPSA) is 78.9 Å². The number of rotatable bonds is 6. The van der Waals surface area contributed by atoms with Crippen molar-refractivity contribution in [1.29, 1.82) is 0 Å². The Hall–Kier alpha value is -2.28. The van der Waals surface area contributed by atoms with Gasteiger partial charge in [-0.2, -0.15) is 0 Å². The van der Waals surface area contributed by atoms with Gasteiger partial charge in [-0.05, 0) is 20.8 Å². The summed E-state index contributed by atoms with van der Waals surface area (Å²) in [4.78, 5) is 35.6. The maximum atomic E-state index is 11.9. The lowest BCUT2D eigenvalue weighted by Crippen LogP contribution is -2.14. The SMILES string of the molecule is C=C(C)C(=O)Oc1c(Cl)c(OC(=O)C(=C)C)c(Cl)c(OC(=O)C(=C)C)c1Cl. The van der Waals surface area contributed by atoms with Gasteiger partial charge >= 0.3 is 17.9 Å². The van der Waals surface area contributed by atoms with E-state index in [0.29, 0.717) is 0 Å². The van der Waals surface area contributed by atoms with Crippen molar-refractivity contribution in [3.05, 3.63) is 51.5 Å². The van der Waals surface area contributed by atoms with E-state index in [1.807, 2.05) is 0 Å². The summed E-state index contributed by atoms with van der Waals surface area (Å²) in [5.41, 5.74) is 0.120. The lowest BCUT2D eigenvalue weighted by Gasteiger charge is -2.17. The number of hydrogen-bond donors (Lipinski definition) is 0. The second-order valence-electron chi connectivity index (χ2n) is 5.44. The van der Waals surface area contributed by atoms with Crippen molar-refractivity contribution >= 4 is 52.7 Å². The molecule has 144 valence electrons. The fourth-order valence-electron chi connectivity index (χ4n) is 1.41. The van der Waals surface area contributed by atoms with Crippen LogP contribution in [0.1, 0.15) is 20.8 Å². The van der Waals surface area contributed by atoms with E-state index in [-0.39, 0.29) is 31.8 Å². The Morgan fingerprint density at radius 2 is 0.778 bits per heavy atom. The van der Waals surface area contributed by atoms with Crippen molar-refractivity contribution < 1.29 is 28.6 Å². The molecule has 9 heteroatoms. The number of carbonyl (C=O) groups excluding carboxylic acids is 3. The number of ether oxygens (including phenoxy) is 3. The Morgan fingerprint density at radius 3 is 0.926 bits per heavy atom. The lowest BCUT2D eigenvalue weighted by atomic mass is 10.2. The highest BCUT2D eigenvalue weighted by Gasteiger charge is 2.29. The van der Waals surface area contributed by atoms with Crippen LogP contribution < -0.4 is 14.2 Å². The van der Waals surface area contributed by atoms with Gasteiger partial charge in [0, 0.05) is 16.7 Å². The minimum absolute atomic E-state index is 0.0399. The van der Waals surface area contributed by atoms with E-state index in [9.17, 15) is 14.4 Å². The Balaban J connectivity index is 3.66. The van der Waals surface area contributed by atoms with Crippen molar-refractivity contribution in [3.63, 3.8) is 0 Å². The van der Waals surface area contributed by atoms with E-state index in [2.05, 4.69) is 19.7 Å². The van der Waals surface area contributed by atoms with Gasteiger partial charge in [-0.15, -0.1) is 0 Å². The zero-order valence-electron chi connectivity index (χ0n) is 14.7. The molecule has 0 amide bonds. The molecule has 0 N–H and O–H groups in total. The largest absolute Gasteiger partial charge is 0.420 e. The van der Waals surface area contributed by atoms with Gasteiger partial charge in [-0.1, -0.05) is 54.5 Å². The van der Waals surface area contributed by atoms with Gasteiger partial charge in [-0.25, -0.2) is 14.4 Å². The van der Waals surface area contributed by atoms with Crippen LogP contribution in [-0.4, -0.2) is 17.9 Å². The molecule has 0 aromatic heterocycles. The Bertz CT molecular complexity index is 750. The summed E-state index contributed by atoms with van der Waals surface area (Å²) < 4.78 is 15.2. The molecule has 0 saturated carbocycles. The molecule has 1 aromatic carbocycles. The van der Waals surface area contributed by atoms with Gasteiger partial charge in [0.1, 0.15) is 15.1 Å². The Kier molecular flexibility index (Phi) is 7.65. The highest BCUT2D eigenvalue weighted by Crippen LogP contribution is 2.52. The standard InChI is InChI=1S/C18H15Cl3O6/c1-7(2)16(22)25-13-10(19)14(26-17(23)8(3)4)12(21)15(11(13)20)27-18(24)9(5)6/h1,3,5H2,2,4,6H3. The molecule has 6 nitrogen and oxygen atoms in total. The molecule has 0 atom stereocenters. The van der Waals surface area contributed by atoms with Crippen LogP contribution in [0.4, 0.5) is 0 Å². The molecule has 27 heavy (non-hydrogen) atoms. The normalized spacial score (nSPS) is 10.0. The van der Waals surface area contributed by atoms with Crippen LogP contribution in [0.2, 0.25) is 15.1 Å². The number of carbonyl (C=O) groups is 3. The van der Waals surface area contributed by atoms with Crippen LogP contribution in [0.5, 0.6) is 17.2 Å². The van der Waals surface area contributed by atoms with Crippen LogP contribution in [0.25, 0.3) is 0 Å². The summed E-state index contributed by atoms with van der Waals surface area (Å²) >= 11 is 18.4. The second-order valence-corrected chi connectivity index (χ2v) is 6.57. The molecule has 0 aliphatic carbocycles. The second kappa shape index (κ2) is 9.08. The van der Waals surface area contributed by atoms with Gasteiger partial charge in [0.05, 0.1) is 0 Å². The first-order valence-corrected chi connectivity index (χ1v) is 8.35. The highest BCUT2D eigenvalue weighted by atomic mass is 35.5. The fourth-order valence-corrected chi connectivity index (χ4v) is 2.35. The van der Waals surface area contributed by atoms with E-state index in [1.165, 1.54) is 20.8 Å². The molecule has 0 heterocycles. The molecule has 0 spiro atoms. The van der Waals surface area contributed by atoms with E-state index in [4.69, 9.17) is 49.0 Å². The minimum Gasteiger partial charge on any atom is -0.420 e. The van der Waals surface area contributed by atoms with Crippen molar-refractivity contribution in [1.82, 2.24) is 0 Å². The summed E-state index contributed by atoms with van der Waals surface area (Å²) in [6, 6.07) is 0. The zero-order chi connectivity index (χ0) is 21.0. The third-order valence-electron chi connectivity index (χ3n) is 2.83. The van der Waals surface area contributed by atoms with E-state index in [0.717, 1.165) is 0 Å². The summed E-state index contributed by atoms with van der Waals surface area (Å²) in [5.74, 6) is -3.87. The molecule has 0 fully saturated rings. The first-order valence-electron chi connectivity index (χ1n) is 7.21. The Labute approximate surface area is 170 Å². The van der Waals surface area contributed by atoms with Crippen LogP contribution in [0, 0.1) is 0 Å². The summed E-state index contributed by atoms with van der Waals surface area (Å²) in [5, 5.41) is -1.15. The van der Waals surface area contributed by atoms with Gasteiger partial charge in [0.2, 0.25) is 0 Å². The number of benzene rings is 1. The molecule has 0 aliphatic heterocycles. The minimum atomic E-state index is -0.865. The summed E-state index contributed by atoms with van der Waals surface area (Å²) in [6.45, 7) is 14.5. The smallest absolute Gasteiger partial charge is 0.338 e. The van der Waals surface area contributed by atoms with Crippen LogP contribution in [0.15, 0.2) is 36.5 Å². The predicted molar refractivity (Wildman–Crippen MR) is 103 cm³/mol. The maximum absolute atomic E-state index is 11.9. The third-order valence-corrected chi connectivity index (χ3v) is 3.86. The van der Waals surface area contributed by atoms with Gasteiger partial charge < -0.3 is 14.2 Å². The van der Waals surface area contributed by atoms with Crippen LogP contribution >= 0.6 is 34.8 Å². The number of halogens is 3. The number of hydrogen-bond acceptors (Lipinski definition) is 6. The van der Waals surface area contributed by atoms with Crippen LogP contribution in [-0.2, 0) is 14.4 Å². The number of esters is 3. The average molecular weight is 434 g/mol. The molecule has 0 radical (unpaired) electrons. The van der Waals surface area contributed by atoms with Crippen molar-refractivity contribution in [2.24, 2.45) is 0 Å². The van der Waals surface area contributed by atoms with Crippen LogP contribution in [0.3, 0.4) is 0 Å². The maximum Gasteiger partial charge on any atom is 0.338 e. The first-order chi connectivity index (χ1) is 12.4. The van der Waals surface area contributed by atoms with E-state index in [1.54, 1.807) is 0 Å². The monoisotopic (exact) mass is 432 g/mol.